The Morgan fingerprint density at radius 1 is 1.00 bits per heavy atom. The third kappa shape index (κ3) is 5.58. The minimum atomic E-state index is 0.0863. The molecule has 7 nitrogen and oxygen atoms in total. The normalized spacial score (nSPS) is 14.7. The first kappa shape index (κ1) is 24.7. The van der Waals surface area contributed by atoms with Crippen molar-refractivity contribution in [3.63, 3.8) is 0 Å². The molecule has 2 heterocycles. The third-order valence-electron chi connectivity index (χ3n) is 6.72. The summed E-state index contributed by atoms with van der Waals surface area (Å²) in [5, 5.41) is 11.7. The highest BCUT2D eigenvalue weighted by atomic mass is 16.5. The van der Waals surface area contributed by atoms with Gasteiger partial charge < -0.3 is 19.7 Å². The van der Waals surface area contributed by atoms with E-state index in [1.54, 1.807) is 0 Å². The molecule has 0 saturated carbocycles. The number of anilines is 1. The van der Waals surface area contributed by atoms with E-state index in [2.05, 4.69) is 9.88 Å². The molecule has 1 fully saturated rings. The Balaban J connectivity index is 1.46. The average molecular weight is 497 g/mol. The van der Waals surface area contributed by atoms with Crippen LogP contribution in [0.1, 0.15) is 24.5 Å². The Hall–Kier alpha value is -3.94. The predicted molar refractivity (Wildman–Crippen MR) is 148 cm³/mol. The SMILES string of the molecule is CCC(=O)N(CCN1CCOCC1)c1ccc(N=C(c2ccccc2)c2c(O)[nH]c3ccccc23)cc1. The summed E-state index contributed by atoms with van der Waals surface area (Å²) in [7, 11) is 0. The van der Waals surface area contributed by atoms with Crippen LogP contribution < -0.4 is 4.90 Å². The van der Waals surface area contributed by atoms with Gasteiger partial charge in [-0.25, -0.2) is 4.99 Å². The second kappa shape index (κ2) is 11.4. The molecule has 1 aliphatic heterocycles. The fourth-order valence-electron chi connectivity index (χ4n) is 4.72. The summed E-state index contributed by atoms with van der Waals surface area (Å²) in [6, 6.07) is 25.4. The molecule has 0 radical (unpaired) electrons. The van der Waals surface area contributed by atoms with Gasteiger partial charge in [0, 0.05) is 54.8 Å². The van der Waals surface area contributed by atoms with Crippen LogP contribution in [-0.4, -0.2) is 66.0 Å². The zero-order valence-corrected chi connectivity index (χ0v) is 21.1. The Morgan fingerprint density at radius 3 is 2.43 bits per heavy atom. The molecule has 37 heavy (non-hydrogen) atoms. The van der Waals surface area contributed by atoms with E-state index in [-0.39, 0.29) is 11.8 Å². The largest absolute Gasteiger partial charge is 0.494 e. The summed E-state index contributed by atoms with van der Waals surface area (Å²) in [5.41, 5.74) is 4.69. The molecular formula is C30H32N4O3. The van der Waals surface area contributed by atoms with E-state index in [0.29, 0.717) is 24.2 Å². The number of hydrogen-bond donors (Lipinski definition) is 2. The lowest BCUT2D eigenvalue weighted by atomic mass is 10.0. The molecule has 0 unspecified atom stereocenters. The molecule has 0 atom stereocenters. The van der Waals surface area contributed by atoms with Crippen LogP contribution in [0, 0.1) is 0 Å². The van der Waals surface area contributed by atoms with Gasteiger partial charge in [-0.05, 0) is 30.3 Å². The van der Waals surface area contributed by atoms with Crippen molar-refractivity contribution in [1.82, 2.24) is 9.88 Å². The number of carbonyl (C=O) groups excluding carboxylic acids is 1. The van der Waals surface area contributed by atoms with Crippen LogP contribution in [0.5, 0.6) is 5.88 Å². The molecule has 1 saturated heterocycles. The summed E-state index contributed by atoms with van der Waals surface area (Å²) in [6.45, 7) is 6.60. The minimum absolute atomic E-state index is 0.0863. The van der Waals surface area contributed by atoms with Crippen molar-refractivity contribution in [3.05, 3.63) is 90.0 Å². The Labute approximate surface area is 217 Å². The molecule has 5 rings (SSSR count). The van der Waals surface area contributed by atoms with Gasteiger partial charge in [0.15, 0.2) is 5.88 Å². The second-order valence-corrected chi connectivity index (χ2v) is 9.09. The first-order valence-corrected chi connectivity index (χ1v) is 12.8. The molecule has 7 heteroatoms. The average Bonchev–Trinajstić information content (AvgIpc) is 3.28. The van der Waals surface area contributed by atoms with Gasteiger partial charge >= 0.3 is 0 Å². The first-order chi connectivity index (χ1) is 18.1. The van der Waals surface area contributed by atoms with E-state index in [1.165, 1.54) is 0 Å². The fourth-order valence-corrected chi connectivity index (χ4v) is 4.72. The highest BCUT2D eigenvalue weighted by Crippen LogP contribution is 2.32. The van der Waals surface area contributed by atoms with Crippen LogP contribution >= 0.6 is 0 Å². The number of aromatic amines is 1. The van der Waals surface area contributed by atoms with Crippen molar-refractivity contribution in [3.8, 4) is 5.88 Å². The van der Waals surface area contributed by atoms with Gasteiger partial charge in [0.1, 0.15) is 0 Å². The molecule has 1 aliphatic rings. The van der Waals surface area contributed by atoms with E-state index in [9.17, 15) is 9.90 Å². The monoisotopic (exact) mass is 496 g/mol. The van der Waals surface area contributed by atoms with Crippen LogP contribution in [0.3, 0.4) is 0 Å². The molecule has 190 valence electrons. The van der Waals surface area contributed by atoms with Gasteiger partial charge in [0.05, 0.1) is 30.2 Å². The first-order valence-electron chi connectivity index (χ1n) is 12.8. The molecule has 2 N–H and O–H groups in total. The topological polar surface area (TPSA) is 81.2 Å². The number of benzene rings is 3. The molecule has 0 bridgehead atoms. The van der Waals surface area contributed by atoms with Crippen molar-refractivity contribution >= 4 is 33.9 Å². The number of morpholine rings is 1. The predicted octanol–water partition coefficient (Wildman–Crippen LogP) is 5.12. The van der Waals surface area contributed by atoms with Crippen molar-refractivity contribution < 1.29 is 14.6 Å². The van der Waals surface area contributed by atoms with Gasteiger partial charge in [-0.15, -0.1) is 0 Å². The molecule has 4 aromatic rings. The fraction of sp³-hybridized carbons (Fsp3) is 0.267. The van der Waals surface area contributed by atoms with Crippen molar-refractivity contribution in [2.75, 3.05) is 44.3 Å². The van der Waals surface area contributed by atoms with E-state index >= 15 is 0 Å². The maximum Gasteiger partial charge on any atom is 0.226 e. The van der Waals surface area contributed by atoms with Crippen molar-refractivity contribution in [2.45, 2.75) is 13.3 Å². The van der Waals surface area contributed by atoms with Crippen molar-refractivity contribution in [1.29, 1.82) is 0 Å². The zero-order chi connectivity index (χ0) is 25.6. The summed E-state index contributed by atoms with van der Waals surface area (Å²) in [5.74, 6) is 0.182. The molecule has 3 aromatic carbocycles. The maximum absolute atomic E-state index is 12.8. The second-order valence-electron chi connectivity index (χ2n) is 9.09. The number of aliphatic imine (C=N–C) groups is 1. The summed E-state index contributed by atoms with van der Waals surface area (Å²) >= 11 is 0. The minimum Gasteiger partial charge on any atom is -0.494 e. The Bertz CT molecular complexity index is 1370. The number of amides is 1. The number of fused-ring (bicyclic) bond motifs is 1. The van der Waals surface area contributed by atoms with Gasteiger partial charge in [-0.2, -0.15) is 0 Å². The smallest absolute Gasteiger partial charge is 0.226 e. The van der Waals surface area contributed by atoms with Crippen molar-refractivity contribution in [2.24, 2.45) is 4.99 Å². The van der Waals surface area contributed by atoms with Gasteiger partial charge in [0.2, 0.25) is 5.91 Å². The number of ether oxygens (including phenoxy) is 1. The zero-order valence-electron chi connectivity index (χ0n) is 21.1. The van der Waals surface area contributed by atoms with Gasteiger partial charge in [-0.3, -0.25) is 9.69 Å². The third-order valence-corrected chi connectivity index (χ3v) is 6.72. The Morgan fingerprint density at radius 2 is 1.70 bits per heavy atom. The standard InChI is InChI=1S/C30H32N4O3/c1-2-27(35)34(17-16-33-18-20-37-21-19-33)24-14-12-23(13-15-24)31-29(22-8-4-3-5-9-22)28-25-10-6-7-11-26(25)32-30(28)36/h3-15,32,36H,2,16-21H2,1H3. The van der Waals surface area contributed by atoms with Crippen LogP contribution in [0.4, 0.5) is 11.4 Å². The van der Waals surface area contributed by atoms with E-state index in [0.717, 1.165) is 60.7 Å². The molecule has 0 spiro atoms. The molecule has 1 aromatic heterocycles. The highest BCUT2D eigenvalue weighted by Gasteiger charge is 2.19. The van der Waals surface area contributed by atoms with Gasteiger partial charge in [-0.1, -0.05) is 55.5 Å². The maximum atomic E-state index is 12.8. The summed E-state index contributed by atoms with van der Waals surface area (Å²) in [6.07, 6.45) is 0.445. The van der Waals surface area contributed by atoms with Crippen LogP contribution in [-0.2, 0) is 9.53 Å². The number of aromatic nitrogens is 1. The number of aromatic hydroxyl groups is 1. The van der Waals surface area contributed by atoms with Crippen LogP contribution in [0.2, 0.25) is 0 Å². The number of nitrogens with one attached hydrogen (secondary N) is 1. The lowest BCUT2D eigenvalue weighted by Crippen LogP contribution is -2.43. The van der Waals surface area contributed by atoms with E-state index in [4.69, 9.17) is 9.73 Å². The number of para-hydroxylation sites is 1. The van der Waals surface area contributed by atoms with Gasteiger partial charge in [0.25, 0.3) is 0 Å². The van der Waals surface area contributed by atoms with Crippen LogP contribution in [0.15, 0.2) is 83.9 Å². The summed E-state index contributed by atoms with van der Waals surface area (Å²) in [4.78, 5) is 25.0. The van der Waals surface area contributed by atoms with Crippen LogP contribution in [0.25, 0.3) is 10.9 Å². The number of hydrogen-bond acceptors (Lipinski definition) is 5. The lowest BCUT2D eigenvalue weighted by molar-refractivity contribution is -0.118. The highest BCUT2D eigenvalue weighted by molar-refractivity contribution is 6.21. The molecule has 0 aliphatic carbocycles. The van der Waals surface area contributed by atoms with E-state index in [1.807, 2.05) is 90.7 Å². The number of rotatable bonds is 8. The molecule has 1 amide bonds. The lowest BCUT2D eigenvalue weighted by Gasteiger charge is -2.30. The summed E-state index contributed by atoms with van der Waals surface area (Å²) < 4.78 is 5.44. The van der Waals surface area contributed by atoms with E-state index < -0.39 is 0 Å². The Kier molecular flexibility index (Phi) is 7.63. The number of H-pyrrole nitrogens is 1. The number of nitrogens with zero attached hydrogens (tertiary/aromatic N) is 3. The molecular weight excluding hydrogens is 464 g/mol. The quantitative estimate of drug-likeness (QED) is 0.332. The number of carbonyl (C=O) groups is 1.